The highest BCUT2D eigenvalue weighted by Crippen LogP contribution is 2.05. The zero-order valence-electron chi connectivity index (χ0n) is 12.1. The van der Waals surface area contributed by atoms with Gasteiger partial charge in [0.25, 0.3) is 0 Å². The van der Waals surface area contributed by atoms with Crippen molar-refractivity contribution in [1.82, 2.24) is 0 Å². The molecule has 0 spiro atoms. The molecule has 0 aromatic heterocycles. The van der Waals surface area contributed by atoms with E-state index in [4.69, 9.17) is 44.1 Å². The maximum Gasteiger partial charge on any atom is 0.184 e. The molecule has 9 heteroatoms. The Kier molecular flexibility index (Phi) is 15.7. The standard InChI is InChI=1S/C12H26O9/c13-1-5-17-9-11(19-7-3-15)21-12(20-8-4-16)10-18-6-2-14/h11-16H,1-10H2. The molecule has 0 saturated carbocycles. The molecule has 0 radical (unpaired) electrons. The lowest BCUT2D eigenvalue weighted by Crippen LogP contribution is -2.35. The number of hydrogen-bond acceptors (Lipinski definition) is 9. The third kappa shape index (κ3) is 13.1. The smallest absolute Gasteiger partial charge is 0.184 e. The van der Waals surface area contributed by atoms with Gasteiger partial charge in [-0.3, -0.25) is 0 Å². The Morgan fingerprint density at radius 3 is 1.29 bits per heavy atom. The van der Waals surface area contributed by atoms with Crippen molar-refractivity contribution in [3.05, 3.63) is 0 Å². The molecule has 0 aliphatic heterocycles. The first-order valence-corrected chi connectivity index (χ1v) is 6.76. The maximum atomic E-state index is 8.76. The van der Waals surface area contributed by atoms with Gasteiger partial charge >= 0.3 is 0 Å². The summed E-state index contributed by atoms with van der Waals surface area (Å²) in [6.07, 6.45) is -1.63. The van der Waals surface area contributed by atoms with Crippen LogP contribution in [0.5, 0.6) is 0 Å². The van der Waals surface area contributed by atoms with Crippen molar-refractivity contribution in [2.45, 2.75) is 12.6 Å². The minimum atomic E-state index is -0.815. The van der Waals surface area contributed by atoms with E-state index >= 15 is 0 Å². The average molecular weight is 314 g/mol. The van der Waals surface area contributed by atoms with Gasteiger partial charge in [-0.15, -0.1) is 0 Å². The third-order valence-corrected chi connectivity index (χ3v) is 2.07. The van der Waals surface area contributed by atoms with E-state index in [0.29, 0.717) is 0 Å². The van der Waals surface area contributed by atoms with Crippen LogP contribution in [0, 0.1) is 0 Å². The normalized spacial score (nSPS) is 14.3. The van der Waals surface area contributed by atoms with Crippen LogP contribution in [0.2, 0.25) is 0 Å². The van der Waals surface area contributed by atoms with E-state index in [2.05, 4.69) is 0 Å². The van der Waals surface area contributed by atoms with Crippen LogP contribution in [-0.4, -0.2) is 99.1 Å². The van der Waals surface area contributed by atoms with Crippen LogP contribution in [0.4, 0.5) is 0 Å². The van der Waals surface area contributed by atoms with Crippen LogP contribution >= 0.6 is 0 Å². The first kappa shape index (κ1) is 20.6. The molecule has 128 valence electrons. The van der Waals surface area contributed by atoms with Gasteiger partial charge in [-0.2, -0.15) is 0 Å². The van der Waals surface area contributed by atoms with E-state index in [1.54, 1.807) is 0 Å². The topological polar surface area (TPSA) is 127 Å². The van der Waals surface area contributed by atoms with E-state index in [-0.39, 0.29) is 66.1 Å². The number of aliphatic hydroxyl groups excluding tert-OH is 4. The van der Waals surface area contributed by atoms with Crippen molar-refractivity contribution in [2.24, 2.45) is 0 Å². The van der Waals surface area contributed by atoms with Crippen molar-refractivity contribution >= 4 is 0 Å². The number of hydrogen-bond donors (Lipinski definition) is 4. The Balaban J connectivity index is 4.22. The molecule has 2 atom stereocenters. The fourth-order valence-electron chi connectivity index (χ4n) is 1.28. The van der Waals surface area contributed by atoms with Gasteiger partial charge in [0.05, 0.1) is 66.1 Å². The summed E-state index contributed by atoms with van der Waals surface area (Å²) in [5.41, 5.74) is 0. The van der Waals surface area contributed by atoms with Crippen molar-refractivity contribution in [2.75, 3.05) is 66.1 Å². The zero-order valence-corrected chi connectivity index (χ0v) is 12.1. The maximum absolute atomic E-state index is 8.76. The molecule has 0 bridgehead atoms. The lowest BCUT2D eigenvalue weighted by Gasteiger charge is -2.24. The van der Waals surface area contributed by atoms with Crippen LogP contribution < -0.4 is 0 Å². The van der Waals surface area contributed by atoms with Gasteiger partial charge in [-0.1, -0.05) is 0 Å². The monoisotopic (exact) mass is 314 g/mol. The van der Waals surface area contributed by atoms with Gasteiger partial charge in [0.15, 0.2) is 12.6 Å². The average Bonchev–Trinajstić information content (AvgIpc) is 2.50. The van der Waals surface area contributed by atoms with Gasteiger partial charge in [0, 0.05) is 0 Å². The molecular formula is C12H26O9. The van der Waals surface area contributed by atoms with Gasteiger partial charge in [0.2, 0.25) is 0 Å². The summed E-state index contributed by atoms with van der Waals surface area (Å²) < 4.78 is 26.1. The quantitative estimate of drug-likeness (QED) is 0.183. The SMILES string of the molecule is OCCOCC(OCCO)OC(COCCO)OCCO. The van der Waals surface area contributed by atoms with E-state index in [0.717, 1.165) is 0 Å². The van der Waals surface area contributed by atoms with Gasteiger partial charge < -0.3 is 44.1 Å². The van der Waals surface area contributed by atoms with Crippen molar-refractivity contribution in [3.8, 4) is 0 Å². The molecular weight excluding hydrogens is 288 g/mol. The second kappa shape index (κ2) is 16.0. The molecule has 0 aromatic carbocycles. The fraction of sp³-hybridized carbons (Fsp3) is 1.00. The molecule has 0 rings (SSSR count). The molecule has 0 heterocycles. The first-order chi connectivity index (χ1) is 10.3. The minimum absolute atomic E-state index is 0.0412. The summed E-state index contributed by atoms with van der Waals surface area (Å²) in [6.45, 7) is -0.162. The molecule has 0 saturated heterocycles. The second-order valence-corrected chi connectivity index (χ2v) is 3.78. The minimum Gasteiger partial charge on any atom is -0.394 e. The summed E-state index contributed by atoms with van der Waals surface area (Å²) in [6, 6.07) is 0. The highest BCUT2D eigenvalue weighted by atomic mass is 16.8. The molecule has 0 aromatic rings. The Labute approximate surface area is 123 Å². The van der Waals surface area contributed by atoms with E-state index < -0.39 is 12.6 Å². The summed E-state index contributed by atoms with van der Waals surface area (Å²) >= 11 is 0. The molecule has 0 aliphatic carbocycles. The van der Waals surface area contributed by atoms with E-state index in [1.807, 2.05) is 0 Å². The Morgan fingerprint density at radius 2 is 0.952 bits per heavy atom. The lowest BCUT2D eigenvalue weighted by molar-refractivity contribution is -0.273. The van der Waals surface area contributed by atoms with Crippen LogP contribution in [0.25, 0.3) is 0 Å². The van der Waals surface area contributed by atoms with Gasteiger partial charge in [-0.25, -0.2) is 0 Å². The Morgan fingerprint density at radius 1 is 0.571 bits per heavy atom. The van der Waals surface area contributed by atoms with Gasteiger partial charge in [0.1, 0.15) is 0 Å². The Hall–Kier alpha value is -0.360. The molecule has 4 N–H and O–H groups in total. The van der Waals surface area contributed by atoms with Crippen molar-refractivity contribution in [3.63, 3.8) is 0 Å². The first-order valence-electron chi connectivity index (χ1n) is 6.76. The third-order valence-electron chi connectivity index (χ3n) is 2.07. The summed E-state index contributed by atoms with van der Waals surface area (Å²) in [4.78, 5) is 0. The van der Waals surface area contributed by atoms with Gasteiger partial charge in [-0.05, 0) is 0 Å². The summed E-state index contributed by atoms with van der Waals surface area (Å²) in [7, 11) is 0. The van der Waals surface area contributed by atoms with Crippen LogP contribution in [0.3, 0.4) is 0 Å². The highest BCUT2D eigenvalue weighted by molar-refractivity contribution is 4.50. The fourth-order valence-corrected chi connectivity index (χ4v) is 1.28. The van der Waals surface area contributed by atoms with Crippen molar-refractivity contribution < 1.29 is 44.1 Å². The summed E-state index contributed by atoms with van der Waals surface area (Å²) in [5, 5.41) is 34.8. The molecule has 0 aliphatic rings. The number of rotatable bonds is 16. The van der Waals surface area contributed by atoms with E-state index in [9.17, 15) is 0 Å². The Bertz CT molecular complexity index is 185. The molecule has 0 amide bonds. The lowest BCUT2D eigenvalue weighted by atomic mass is 10.6. The predicted octanol–water partition coefficient (Wildman–Crippen LogP) is -2.31. The van der Waals surface area contributed by atoms with Crippen molar-refractivity contribution in [1.29, 1.82) is 0 Å². The highest BCUT2D eigenvalue weighted by Gasteiger charge is 2.18. The van der Waals surface area contributed by atoms with Crippen LogP contribution in [0.1, 0.15) is 0 Å². The van der Waals surface area contributed by atoms with Crippen LogP contribution in [-0.2, 0) is 23.7 Å². The van der Waals surface area contributed by atoms with Crippen LogP contribution in [0.15, 0.2) is 0 Å². The number of aliphatic hydroxyl groups is 4. The largest absolute Gasteiger partial charge is 0.394 e. The molecule has 0 fully saturated rings. The summed E-state index contributed by atoms with van der Waals surface area (Å²) in [5.74, 6) is 0. The van der Waals surface area contributed by atoms with E-state index in [1.165, 1.54) is 0 Å². The number of ether oxygens (including phenoxy) is 5. The molecule has 21 heavy (non-hydrogen) atoms. The molecule has 2 unspecified atom stereocenters. The zero-order chi connectivity index (χ0) is 15.8. The second-order valence-electron chi connectivity index (χ2n) is 3.78. The molecule has 9 nitrogen and oxygen atoms in total. The predicted molar refractivity (Wildman–Crippen MR) is 70.5 cm³/mol.